The summed E-state index contributed by atoms with van der Waals surface area (Å²) < 4.78 is 12.8. The van der Waals surface area contributed by atoms with Crippen molar-refractivity contribution >= 4 is 5.91 Å². The van der Waals surface area contributed by atoms with Gasteiger partial charge in [0.15, 0.2) is 5.82 Å². The van der Waals surface area contributed by atoms with Crippen molar-refractivity contribution in [2.75, 3.05) is 26.3 Å². The number of likely N-dealkylation sites (tertiary alicyclic amines) is 1. The largest absolute Gasteiger partial charge is 0.381 e. The van der Waals surface area contributed by atoms with Crippen LogP contribution in [0.1, 0.15) is 73.1 Å². The standard InChI is InChI=1S/C23H35N5O3/c1-16-20(17(2)27(3)25-16)7-9-22(29)28-12-4-5-18(15-28)6-8-21-24-23(31-26-21)19-10-13-30-14-11-19/h18-19H,4-15H2,1-3H3. The molecule has 1 atom stereocenters. The average Bonchev–Trinajstić information content (AvgIpc) is 3.36. The van der Waals surface area contributed by atoms with Crippen LogP contribution < -0.4 is 0 Å². The molecule has 0 spiro atoms. The first-order valence-electron chi connectivity index (χ1n) is 11.7. The normalized spacial score (nSPS) is 20.4. The van der Waals surface area contributed by atoms with Gasteiger partial charge in [-0.25, -0.2) is 0 Å². The second-order valence-corrected chi connectivity index (χ2v) is 9.10. The van der Waals surface area contributed by atoms with Gasteiger partial charge in [0, 0.05) is 57.8 Å². The molecule has 0 aliphatic carbocycles. The zero-order valence-corrected chi connectivity index (χ0v) is 19.1. The minimum absolute atomic E-state index is 0.258. The maximum Gasteiger partial charge on any atom is 0.229 e. The average molecular weight is 430 g/mol. The molecule has 31 heavy (non-hydrogen) atoms. The first-order valence-corrected chi connectivity index (χ1v) is 11.7. The van der Waals surface area contributed by atoms with E-state index < -0.39 is 0 Å². The summed E-state index contributed by atoms with van der Waals surface area (Å²) >= 11 is 0. The molecule has 2 saturated heterocycles. The summed E-state index contributed by atoms with van der Waals surface area (Å²) in [6.45, 7) is 7.35. The van der Waals surface area contributed by atoms with Crippen molar-refractivity contribution < 1.29 is 14.1 Å². The van der Waals surface area contributed by atoms with Gasteiger partial charge in [-0.3, -0.25) is 9.48 Å². The smallest absolute Gasteiger partial charge is 0.229 e. The van der Waals surface area contributed by atoms with Crippen LogP contribution in [-0.2, 0) is 29.4 Å². The number of aryl methyl sites for hydroxylation is 3. The third kappa shape index (κ3) is 5.34. The molecule has 8 heteroatoms. The number of carbonyl (C=O) groups is 1. The molecule has 1 amide bonds. The lowest BCUT2D eigenvalue weighted by Gasteiger charge is -2.32. The fourth-order valence-corrected chi connectivity index (χ4v) is 4.91. The first-order chi connectivity index (χ1) is 15.0. The number of amides is 1. The highest BCUT2D eigenvalue weighted by Gasteiger charge is 2.25. The molecule has 0 saturated carbocycles. The van der Waals surface area contributed by atoms with Crippen LogP contribution in [0.25, 0.3) is 0 Å². The second-order valence-electron chi connectivity index (χ2n) is 9.10. The number of aromatic nitrogens is 4. The molecule has 2 fully saturated rings. The molecular weight excluding hydrogens is 394 g/mol. The molecule has 0 aromatic carbocycles. The van der Waals surface area contributed by atoms with Crippen LogP contribution in [0.3, 0.4) is 0 Å². The summed E-state index contributed by atoms with van der Waals surface area (Å²) in [5.41, 5.74) is 3.40. The van der Waals surface area contributed by atoms with Crippen molar-refractivity contribution in [2.24, 2.45) is 13.0 Å². The van der Waals surface area contributed by atoms with Crippen molar-refractivity contribution in [3.05, 3.63) is 28.7 Å². The van der Waals surface area contributed by atoms with E-state index in [1.807, 2.05) is 18.7 Å². The van der Waals surface area contributed by atoms with Crippen molar-refractivity contribution in [1.82, 2.24) is 24.8 Å². The van der Waals surface area contributed by atoms with Crippen LogP contribution in [-0.4, -0.2) is 57.0 Å². The zero-order chi connectivity index (χ0) is 21.8. The van der Waals surface area contributed by atoms with Crippen molar-refractivity contribution in [3.63, 3.8) is 0 Å². The number of ether oxygens (including phenoxy) is 1. The number of nitrogens with zero attached hydrogens (tertiary/aromatic N) is 5. The highest BCUT2D eigenvalue weighted by atomic mass is 16.5. The van der Waals surface area contributed by atoms with Gasteiger partial charge in [-0.2, -0.15) is 10.1 Å². The molecule has 2 aromatic heterocycles. The Bertz CT molecular complexity index is 884. The van der Waals surface area contributed by atoms with Gasteiger partial charge in [0.25, 0.3) is 0 Å². The molecule has 2 aliphatic heterocycles. The van der Waals surface area contributed by atoms with E-state index in [1.54, 1.807) is 0 Å². The van der Waals surface area contributed by atoms with E-state index in [9.17, 15) is 4.79 Å². The maximum absolute atomic E-state index is 12.8. The third-order valence-corrected chi connectivity index (χ3v) is 6.95. The Balaban J connectivity index is 1.24. The molecule has 0 bridgehead atoms. The summed E-state index contributed by atoms with van der Waals surface area (Å²) in [7, 11) is 1.96. The monoisotopic (exact) mass is 429 g/mol. The van der Waals surface area contributed by atoms with Gasteiger partial charge >= 0.3 is 0 Å². The number of hydrogen-bond acceptors (Lipinski definition) is 6. The van der Waals surface area contributed by atoms with Crippen LogP contribution in [0.4, 0.5) is 0 Å². The topological polar surface area (TPSA) is 86.3 Å². The van der Waals surface area contributed by atoms with E-state index in [4.69, 9.17) is 9.26 Å². The number of hydrogen-bond donors (Lipinski definition) is 0. The van der Waals surface area contributed by atoms with E-state index >= 15 is 0 Å². The van der Waals surface area contributed by atoms with Crippen LogP contribution in [0.15, 0.2) is 4.52 Å². The lowest BCUT2D eigenvalue weighted by atomic mass is 9.93. The number of rotatable bonds is 7. The minimum Gasteiger partial charge on any atom is -0.381 e. The molecule has 170 valence electrons. The van der Waals surface area contributed by atoms with Crippen LogP contribution in [0, 0.1) is 19.8 Å². The van der Waals surface area contributed by atoms with Crippen molar-refractivity contribution in [1.29, 1.82) is 0 Å². The Hall–Kier alpha value is -2.22. The molecule has 0 radical (unpaired) electrons. The van der Waals surface area contributed by atoms with Crippen LogP contribution in [0.5, 0.6) is 0 Å². The predicted octanol–water partition coefficient (Wildman–Crippen LogP) is 3.12. The minimum atomic E-state index is 0.258. The summed E-state index contributed by atoms with van der Waals surface area (Å²) in [6, 6.07) is 0. The van der Waals surface area contributed by atoms with Gasteiger partial charge in [0.2, 0.25) is 11.8 Å². The Kier molecular flexibility index (Phi) is 7.05. The maximum atomic E-state index is 12.8. The Labute approximate surface area is 184 Å². The lowest BCUT2D eigenvalue weighted by Crippen LogP contribution is -2.40. The molecule has 4 rings (SSSR count). The van der Waals surface area contributed by atoms with E-state index in [0.29, 0.717) is 18.3 Å². The SMILES string of the molecule is Cc1nn(C)c(C)c1CCC(=O)N1CCCC(CCc2noc(C3CCOCC3)n2)C1. The summed E-state index contributed by atoms with van der Waals surface area (Å²) in [4.78, 5) is 19.5. The van der Waals surface area contributed by atoms with Gasteiger partial charge in [-0.05, 0) is 63.9 Å². The summed E-state index contributed by atoms with van der Waals surface area (Å²) in [5.74, 6) is 2.66. The summed E-state index contributed by atoms with van der Waals surface area (Å²) in [5, 5.41) is 8.66. The van der Waals surface area contributed by atoms with Crippen LogP contribution in [0.2, 0.25) is 0 Å². The predicted molar refractivity (Wildman–Crippen MR) is 116 cm³/mol. The van der Waals surface area contributed by atoms with Gasteiger partial charge in [-0.15, -0.1) is 0 Å². The molecule has 2 aliphatic rings. The molecule has 0 N–H and O–H groups in total. The Morgan fingerprint density at radius 3 is 2.71 bits per heavy atom. The number of carbonyl (C=O) groups excluding carboxylic acids is 1. The van der Waals surface area contributed by atoms with E-state index in [2.05, 4.69) is 27.1 Å². The summed E-state index contributed by atoms with van der Waals surface area (Å²) in [6.07, 6.45) is 7.28. The number of piperidine rings is 1. The fourth-order valence-electron chi connectivity index (χ4n) is 4.91. The van der Waals surface area contributed by atoms with E-state index in [1.165, 1.54) is 5.56 Å². The van der Waals surface area contributed by atoms with Gasteiger partial charge in [0.1, 0.15) is 0 Å². The fraction of sp³-hybridized carbons (Fsp3) is 0.739. The quantitative estimate of drug-likeness (QED) is 0.672. The Morgan fingerprint density at radius 2 is 1.97 bits per heavy atom. The molecular formula is C23H35N5O3. The van der Waals surface area contributed by atoms with E-state index in [0.717, 1.165) is 94.4 Å². The lowest BCUT2D eigenvalue weighted by molar-refractivity contribution is -0.133. The Morgan fingerprint density at radius 1 is 1.16 bits per heavy atom. The molecule has 2 aromatic rings. The highest BCUT2D eigenvalue weighted by Crippen LogP contribution is 2.26. The van der Waals surface area contributed by atoms with Crippen LogP contribution >= 0.6 is 0 Å². The third-order valence-electron chi connectivity index (χ3n) is 6.95. The molecule has 1 unspecified atom stereocenters. The van der Waals surface area contributed by atoms with Gasteiger partial charge < -0.3 is 14.2 Å². The van der Waals surface area contributed by atoms with Gasteiger partial charge in [-0.1, -0.05) is 5.16 Å². The second kappa shape index (κ2) is 9.94. The van der Waals surface area contributed by atoms with Crippen molar-refractivity contribution in [2.45, 2.75) is 71.1 Å². The first kappa shape index (κ1) is 22.0. The van der Waals surface area contributed by atoms with Crippen molar-refractivity contribution in [3.8, 4) is 0 Å². The molecule has 4 heterocycles. The molecule has 8 nitrogen and oxygen atoms in total. The zero-order valence-electron chi connectivity index (χ0n) is 19.1. The van der Waals surface area contributed by atoms with E-state index in [-0.39, 0.29) is 5.91 Å². The van der Waals surface area contributed by atoms with Gasteiger partial charge in [0.05, 0.1) is 5.69 Å². The highest BCUT2D eigenvalue weighted by molar-refractivity contribution is 5.76.